The molecule has 0 unspecified atom stereocenters. The Bertz CT molecular complexity index is 1170. The van der Waals surface area contributed by atoms with E-state index in [9.17, 15) is 18.8 Å². The van der Waals surface area contributed by atoms with Gasteiger partial charge in [-0.2, -0.15) is 0 Å². The number of benzene rings is 2. The SMILES string of the molecule is COCCCC(=O)Cc1csc(CC(=O)Cc2cc(F)ccc2C(=O)c2ccccc2OC)n1. The first-order chi connectivity index (χ1) is 16.4. The van der Waals surface area contributed by atoms with Crippen LogP contribution in [0.15, 0.2) is 47.8 Å². The van der Waals surface area contributed by atoms with Crippen LogP contribution in [-0.4, -0.2) is 43.2 Å². The fourth-order valence-electron chi connectivity index (χ4n) is 3.57. The number of para-hydroxylation sites is 1. The number of ketones is 3. The van der Waals surface area contributed by atoms with Gasteiger partial charge in [0, 0.05) is 43.9 Å². The number of hydrogen-bond acceptors (Lipinski definition) is 7. The Balaban J connectivity index is 1.69. The van der Waals surface area contributed by atoms with E-state index < -0.39 is 5.82 Å². The Labute approximate surface area is 201 Å². The molecule has 0 aliphatic rings. The highest BCUT2D eigenvalue weighted by molar-refractivity contribution is 7.09. The molecule has 0 N–H and O–H groups in total. The third-order valence-electron chi connectivity index (χ3n) is 5.18. The van der Waals surface area contributed by atoms with Crippen LogP contribution >= 0.6 is 11.3 Å². The Kier molecular flexibility index (Phi) is 9.18. The van der Waals surface area contributed by atoms with Gasteiger partial charge in [-0.25, -0.2) is 9.37 Å². The van der Waals surface area contributed by atoms with Gasteiger partial charge in [-0.3, -0.25) is 14.4 Å². The molecule has 6 nitrogen and oxygen atoms in total. The van der Waals surface area contributed by atoms with Gasteiger partial charge in [-0.05, 0) is 42.3 Å². The van der Waals surface area contributed by atoms with E-state index in [1.807, 2.05) is 0 Å². The van der Waals surface area contributed by atoms with Crippen molar-refractivity contribution in [3.63, 3.8) is 0 Å². The van der Waals surface area contributed by atoms with E-state index in [0.29, 0.717) is 47.0 Å². The predicted molar refractivity (Wildman–Crippen MR) is 127 cm³/mol. The highest BCUT2D eigenvalue weighted by atomic mass is 32.1. The van der Waals surface area contributed by atoms with E-state index in [1.54, 1.807) is 36.8 Å². The largest absolute Gasteiger partial charge is 0.496 e. The number of thiazole rings is 1. The number of hydrogen-bond donors (Lipinski definition) is 0. The van der Waals surface area contributed by atoms with E-state index in [2.05, 4.69) is 4.98 Å². The summed E-state index contributed by atoms with van der Waals surface area (Å²) in [6, 6.07) is 10.6. The Hall–Kier alpha value is -3.23. The molecule has 1 aromatic heterocycles. The predicted octanol–water partition coefficient (Wildman–Crippen LogP) is 4.41. The summed E-state index contributed by atoms with van der Waals surface area (Å²) in [6.45, 7) is 0.532. The molecular weight excluding hydrogens is 457 g/mol. The van der Waals surface area contributed by atoms with Gasteiger partial charge in [0.1, 0.15) is 28.1 Å². The Morgan fingerprint density at radius 2 is 1.76 bits per heavy atom. The van der Waals surface area contributed by atoms with Crippen molar-refractivity contribution < 1.29 is 28.2 Å². The van der Waals surface area contributed by atoms with Gasteiger partial charge in [-0.1, -0.05) is 12.1 Å². The highest BCUT2D eigenvalue weighted by Crippen LogP contribution is 2.24. The Morgan fingerprint density at radius 1 is 0.971 bits per heavy atom. The summed E-state index contributed by atoms with van der Waals surface area (Å²) in [5.74, 6) is -0.598. The molecule has 3 rings (SSSR count). The van der Waals surface area contributed by atoms with E-state index >= 15 is 0 Å². The van der Waals surface area contributed by atoms with E-state index in [0.717, 1.165) is 0 Å². The zero-order chi connectivity index (χ0) is 24.5. The number of nitrogens with zero attached hydrogens (tertiary/aromatic N) is 1. The summed E-state index contributed by atoms with van der Waals surface area (Å²) in [5.41, 5.74) is 1.53. The summed E-state index contributed by atoms with van der Waals surface area (Å²) in [6.07, 6.45) is 1.23. The summed E-state index contributed by atoms with van der Waals surface area (Å²) in [4.78, 5) is 42.3. The second-order valence-electron chi connectivity index (χ2n) is 7.77. The monoisotopic (exact) mass is 483 g/mol. The number of halogens is 1. The van der Waals surface area contributed by atoms with Crippen molar-refractivity contribution in [1.82, 2.24) is 4.98 Å². The zero-order valence-electron chi connectivity index (χ0n) is 19.1. The maximum absolute atomic E-state index is 14.0. The minimum absolute atomic E-state index is 0.0430. The Morgan fingerprint density at radius 3 is 2.53 bits per heavy atom. The van der Waals surface area contributed by atoms with Crippen molar-refractivity contribution in [3.8, 4) is 5.75 Å². The van der Waals surface area contributed by atoms with Crippen molar-refractivity contribution in [1.29, 1.82) is 0 Å². The molecule has 34 heavy (non-hydrogen) atoms. The van der Waals surface area contributed by atoms with Crippen LogP contribution in [0.25, 0.3) is 0 Å². The zero-order valence-corrected chi connectivity index (χ0v) is 20.0. The maximum Gasteiger partial charge on any atom is 0.197 e. The third-order valence-corrected chi connectivity index (χ3v) is 6.08. The number of rotatable bonds is 13. The molecule has 2 aromatic carbocycles. The summed E-state index contributed by atoms with van der Waals surface area (Å²) >= 11 is 1.31. The number of Topliss-reactive ketones (excluding diaryl/α,β-unsaturated/α-hetero) is 2. The van der Waals surface area contributed by atoms with Crippen molar-refractivity contribution in [2.24, 2.45) is 0 Å². The van der Waals surface area contributed by atoms with Crippen molar-refractivity contribution in [2.45, 2.75) is 32.1 Å². The van der Waals surface area contributed by atoms with Gasteiger partial charge in [0.05, 0.1) is 24.8 Å². The fraction of sp³-hybridized carbons (Fsp3) is 0.308. The molecular formula is C26H26FNO5S. The van der Waals surface area contributed by atoms with Crippen LogP contribution in [0, 0.1) is 5.82 Å². The van der Waals surface area contributed by atoms with E-state index in [-0.39, 0.29) is 42.2 Å². The molecule has 0 spiro atoms. The van der Waals surface area contributed by atoms with Gasteiger partial charge in [0.25, 0.3) is 0 Å². The van der Waals surface area contributed by atoms with Crippen molar-refractivity contribution >= 4 is 28.7 Å². The van der Waals surface area contributed by atoms with Gasteiger partial charge < -0.3 is 9.47 Å². The molecule has 0 radical (unpaired) electrons. The fourth-order valence-corrected chi connectivity index (χ4v) is 4.39. The first-order valence-corrected chi connectivity index (χ1v) is 11.7. The molecule has 0 amide bonds. The molecule has 0 bridgehead atoms. The minimum atomic E-state index is -0.525. The van der Waals surface area contributed by atoms with Gasteiger partial charge in [-0.15, -0.1) is 11.3 Å². The molecule has 0 aliphatic heterocycles. The minimum Gasteiger partial charge on any atom is -0.496 e. The molecule has 0 atom stereocenters. The number of carbonyl (C=O) groups is 3. The van der Waals surface area contributed by atoms with Crippen LogP contribution in [0.4, 0.5) is 4.39 Å². The lowest BCUT2D eigenvalue weighted by Crippen LogP contribution is -2.13. The lowest BCUT2D eigenvalue weighted by Gasteiger charge is -2.11. The second kappa shape index (κ2) is 12.3. The van der Waals surface area contributed by atoms with Crippen LogP contribution in [-0.2, 0) is 33.6 Å². The van der Waals surface area contributed by atoms with E-state index in [4.69, 9.17) is 9.47 Å². The molecule has 0 saturated carbocycles. The standard InChI is InChI=1S/C26H26FNO5S/c1-32-11-5-6-20(29)14-19-16-34-25(28-19)15-21(30)13-17-12-18(27)9-10-22(17)26(31)23-7-3-4-8-24(23)33-2/h3-4,7-10,12,16H,5-6,11,13-15H2,1-2H3. The maximum atomic E-state index is 14.0. The first kappa shape index (κ1) is 25.4. The van der Waals surface area contributed by atoms with E-state index in [1.165, 1.54) is 36.6 Å². The van der Waals surface area contributed by atoms with Gasteiger partial charge >= 0.3 is 0 Å². The normalized spacial score (nSPS) is 10.8. The summed E-state index contributed by atoms with van der Waals surface area (Å²) in [5, 5.41) is 2.36. The molecule has 0 aliphatic carbocycles. The average Bonchev–Trinajstić information content (AvgIpc) is 3.25. The van der Waals surface area contributed by atoms with Crippen LogP contribution in [0.5, 0.6) is 5.75 Å². The summed E-state index contributed by atoms with van der Waals surface area (Å²) in [7, 11) is 3.06. The van der Waals surface area contributed by atoms with Crippen LogP contribution in [0.2, 0.25) is 0 Å². The van der Waals surface area contributed by atoms with Gasteiger partial charge in [0.2, 0.25) is 0 Å². The van der Waals surface area contributed by atoms with Gasteiger partial charge in [0.15, 0.2) is 5.78 Å². The van der Waals surface area contributed by atoms with Crippen molar-refractivity contribution in [2.75, 3.05) is 20.8 Å². The second-order valence-corrected chi connectivity index (χ2v) is 8.71. The highest BCUT2D eigenvalue weighted by Gasteiger charge is 2.20. The first-order valence-electron chi connectivity index (χ1n) is 10.8. The molecule has 0 saturated heterocycles. The summed E-state index contributed by atoms with van der Waals surface area (Å²) < 4.78 is 24.2. The lowest BCUT2D eigenvalue weighted by molar-refractivity contribution is -0.119. The lowest BCUT2D eigenvalue weighted by atomic mass is 9.94. The smallest absolute Gasteiger partial charge is 0.197 e. The molecule has 8 heteroatoms. The topological polar surface area (TPSA) is 82.6 Å². The van der Waals surface area contributed by atoms with Crippen LogP contribution in [0.3, 0.4) is 0 Å². The number of aromatic nitrogens is 1. The third kappa shape index (κ3) is 6.88. The van der Waals surface area contributed by atoms with Crippen molar-refractivity contribution in [3.05, 3.63) is 81.1 Å². The average molecular weight is 484 g/mol. The number of ether oxygens (including phenoxy) is 2. The number of carbonyl (C=O) groups excluding carboxylic acids is 3. The van der Waals surface area contributed by atoms with Crippen LogP contribution < -0.4 is 4.74 Å². The molecule has 1 heterocycles. The number of methoxy groups -OCH3 is 2. The molecule has 0 fully saturated rings. The molecule has 178 valence electrons. The quantitative estimate of drug-likeness (QED) is 0.265. The molecule has 3 aromatic rings. The van der Waals surface area contributed by atoms with Crippen LogP contribution in [0.1, 0.15) is 45.0 Å².